The minimum atomic E-state index is -0.810. The highest BCUT2D eigenvalue weighted by molar-refractivity contribution is 7.99. The molecule has 0 aliphatic carbocycles. The summed E-state index contributed by atoms with van der Waals surface area (Å²) in [6, 6.07) is 11.2. The first-order valence-corrected chi connectivity index (χ1v) is 9.65. The van der Waals surface area contributed by atoms with Gasteiger partial charge in [-0.3, -0.25) is 9.36 Å². The van der Waals surface area contributed by atoms with Crippen LogP contribution < -0.4 is 10.2 Å². The second-order valence-electron chi connectivity index (χ2n) is 6.38. The number of nitrogens with one attached hydrogen (secondary N) is 1. The lowest BCUT2D eigenvalue weighted by atomic mass is 10.2. The SMILES string of the molecule is Cc1ccc(N2CCn3c(SCC(=O)Nc4ccc(F)cc4F)nnc32)cc1. The summed E-state index contributed by atoms with van der Waals surface area (Å²) in [5.74, 6) is -1.13. The summed E-state index contributed by atoms with van der Waals surface area (Å²) in [5, 5.41) is 11.5. The Bertz CT molecular complexity index is 1020. The summed E-state index contributed by atoms with van der Waals surface area (Å²) in [7, 11) is 0. The van der Waals surface area contributed by atoms with Gasteiger partial charge in [0.15, 0.2) is 5.16 Å². The molecule has 1 aliphatic heterocycles. The van der Waals surface area contributed by atoms with Gasteiger partial charge in [0.25, 0.3) is 0 Å². The van der Waals surface area contributed by atoms with Crippen molar-refractivity contribution >= 4 is 35.0 Å². The third-order valence-corrected chi connectivity index (χ3v) is 5.34. The van der Waals surface area contributed by atoms with Gasteiger partial charge in [0.1, 0.15) is 11.6 Å². The zero-order valence-corrected chi connectivity index (χ0v) is 15.8. The molecular formula is C19H17F2N5OS. The predicted octanol–water partition coefficient (Wildman–Crippen LogP) is 3.75. The fourth-order valence-corrected chi connectivity index (χ4v) is 3.72. The van der Waals surface area contributed by atoms with E-state index in [1.807, 2.05) is 35.8 Å². The average Bonchev–Trinajstić information content (AvgIpc) is 3.25. The maximum atomic E-state index is 13.6. The Labute approximate surface area is 164 Å². The molecule has 9 heteroatoms. The molecule has 2 aromatic carbocycles. The normalized spacial score (nSPS) is 12.9. The van der Waals surface area contributed by atoms with Crippen molar-refractivity contribution in [2.45, 2.75) is 18.6 Å². The van der Waals surface area contributed by atoms with E-state index < -0.39 is 17.5 Å². The van der Waals surface area contributed by atoms with Gasteiger partial charge >= 0.3 is 0 Å². The van der Waals surface area contributed by atoms with Crippen molar-refractivity contribution in [3.8, 4) is 0 Å². The number of anilines is 3. The summed E-state index contributed by atoms with van der Waals surface area (Å²) >= 11 is 1.22. The molecule has 0 unspecified atom stereocenters. The van der Waals surface area contributed by atoms with E-state index in [2.05, 4.69) is 20.4 Å². The van der Waals surface area contributed by atoms with Crippen molar-refractivity contribution in [1.29, 1.82) is 0 Å². The molecule has 1 aliphatic rings. The monoisotopic (exact) mass is 401 g/mol. The van der Waals surface area contributed by atoms with Crippen LogP contribution in [0.3, 0.4) is 0 Å². The van der Waals surface area contributed by atoms with E-state index in [1.54, 1.807) is 0 Å². The molecule has 0 atom stereocenters. The second-order valence-corrected chi connectivity index (χ2v) is 7.32. The van der Waals surface area contributed by atoms with Gasteiger partial charge in [-0.2, -0.15) is 0 Å². The van der Waals surface area contributed by atoms with E-state index in [-0.39, 0.29) is 11.4 Å². The number of rotatable bonds is 5. The number of halogens is 2. The molecule has 6 nitrogen and oxygen atoms in total. The Balaban J connectivity index is 1.41. The number of hydrogen-bond donors (Lipinski definition) is 1. The largest absolute Gasteiger partial charge is 0.323 e. The maximum Gasteiger partial charge on any atom is 0.234 e. The zero-order valence-electron chi connectivity index (χ0n) is 15.0. The van der Waals surface area contributed by atoms with Crippen LogP contribution in [0.25, 0.3) is 0 Å². The Hall–Kier alpha value is -2.94. The number of carbonyl (C=O) groups excluding carboxylic acids is 1. The summed E-state index contributed by atoms with van der Waals surface area (Å²) in [4.78, 5) is 14.2. The van der Waals surface area contributed by atoms with Crippen LogP contribution in [0.15, 0.2) is 47.6 Å². The van der Waals surface area contributed by atoms with E-state index in [0.717, 1.165) is 30.3 Å². The van der Waals surface area contributed by atoms with Crippen LogP contribution in [0.2, 0.25) is 0 Å². The number of aromatic nitrogens is 3. The summed E-state index contributed by atoms with van der Waals surface area (Å²) in [5.41, 5.74) is 2.17. The van der Waals surface area contributed by atoms with E-state index in [1.165, 1.54) is 23.4 Å². The van der Waals surface area contributed by atoms with Gasteiger partial charge in [0.05, 0.1) is 11.4 Å². The Morgan fingerprint density at radius 1 is 1.14 bits per heavy atom. The predicted molar refractivity (Wildman–Crippen MR) is 104 cm³/mol. The molecule has 144 valence electrons. The molecule has 1 aromatic heterocycles. The number of benzene rings is 2. The molecule has 0 saturated heterocycles. The smallest absolute Gasteiger partial charge is 0.234 e. The second kappa shape index (κ2) is 7.59. The first-order chi connectivity index (χ1) is 13.5. The molecule has 1 N–H and O–H groups in total. The molecule has 0 bridgehead atoms. The average molecular weight is 401 g/mol. The van der Waals surface area contributed by atoms with E-state index in [9.17, 15) is 13.6 Å². The Morgan fingerprint density at radius 3 is 2.68 bits per heavy atom. The maximum absolute atomic E-state index is 13.6. The number of hydrogen-bond acceptors (Lipinski definition) is 5. The number of thioether (sulfide) groups is 1. The van der Waals surface area contributed by atoms with Gasteiger partial charge in [-0.15, -0.1) is 10.2 Å². The van der Waals surface area contributed by atoms with Gasteiger partial charge in [0.2, 0.25) is 11.9 Å². The molecule has 0 fully saturated rings. The van der Waals surface area contributed by atoms with Crippen molar-refractivity contribution in [3.63, 3.8) is 0 Å². The first-order valence-electron chi connectivity index (χ1n) is 8.66. The summed E-state index contributed by atoms with van der Waals surface area (Å²) < 4.78 is 28.5. The van der Waals surface area contributed by atoms with Crippen molar-refractivity contribution in [2.75, 3.05) is 22.5 Å². The van der Waals surface area contributed by atoms with Crippen LogP contribution in [0, 0.1) is 18.6 Å². The standard InChI is InChI=1S/C19H17F2N5OS/c1-12-2-5-14(6-3-12)25-8-9-26-18(25)23-24-19(26)28-11-17(27)22-16-7-4-13(20)10-15(16)21/h2-7,10H,8-9,11H2,1H3,(H,22,27). The molecule has 28 heavy (non-hydrogen) atoms. The van der Waals surface area contributed by atoms with Gasteiger partial charge in [-0.05, 0) is 31.2 Å². The van der Waals surface area contributed by atoms with Gasteiger partial charge in [-0.1, -0.05) is 29.5 Å². The van der Waals surface area contributed by atoms with Crippen molar-refractivity contribution in [2.24, 2.45) is 0 Å². The fraction of sp³-hybridized carbons (Fsp3) is 0.211. The lowest BCUT2D eigenvalue weighted by Gasteiger charge is -2.15. The lowest BCUT2D eigenvalue weighted by molar-refractivity contribution is -0.113. The van der Waals surface area contributed by atoms with Gasteiger partial charge in [0, 0.05) is 24.8 Å². The van der Waals surface area contributed by atoms with Crippen molar-refractivity contribution < 1.29 is 13.6 Å². The van der Waals surface area contributed by atoms with Crippen LogP contribution in [0.4, 0.5) is 26.1 Å². The van der Waals surface area contributed by atoms with Crippen LogP contribution >= 0.6 is 11.8 Å². The van der Waals surface area contributed by atoms with Gasteiger partial charge < -0.3 is 10.2 Å². The lowest BCUT2D eigenvalue weighted by Crippen LogP contribution is -2.15. The molecule has 1 amide bonds. The van der Waals surface area contributed by atoms with Crippen molar-refractivity contribution in [1.82, 2.24) is 14.8 Å². The molecule has 0 spiro atoms. The topological polar surface area (TPSA) is 63.1 Å². The summed E-state index contributed by atoms with van der Waals surface area (Å²) in [6.07, 6.45) is 0. The third kappa shape index (κ3) is 3.70. The van der Waals surface area contributed by atoms with E-state index in [4.69, 9.17) is 0 Å². The molecule has 3 aromatic rings. The van der Waals surface area contributed by atoms with Crippen LogP contribution in [-0.2, 0) is 11.3 Å². The minimum absolute atomic E-state index is 0.0412. The van der Waals surface area contributed by atoms with Crippen LogP contribution in [0.1, 0.15) is 5.56 Å². The molecule has 2 heterocycles. The number of amides is 1. The highest BCUT2D eigenvalue weighted by atomic mass is 32.2. The zero-order chi connectivity index (χ0) is 19.7. The van der Waals surface area contributed by atoms with E-state index >= 15 is 0 Å². The number of carbonyl (C=O) groups is 1. The van der Waals surface area contributed by atoms with E-state index in [0.29, 0.717) is 11.7 Å². The quantitative estimate of drug-likeness (QED) is 0.660. The Morgan fingerprint density at radius 2 is 1.93 bits per heavy atom. The number of aryl methyl sites for hydroxylation is 1. The number of fused-ring (bicyclic) bond motifs is 1. The van der Waals surface area contributed by atoms with Crippen molar-refractivity contribution in [3.05, 3.63) is 59.7 Å². The molecule has 4 rings (SSSR count). The number of nitrogens with zero attached hydrogens (tertiary/aromatic N) is 4. The highest BCUT2D eigenvalue weighted by Crippen LogP contribution is 2.32. The van der Waals surface area contributed by atoms with Gasteiger partial charge in [-0.25, -0.2) is 8.78 Å². The molecule has 0 saturated carbocycles. The van der Waals surface area contributed by atoms with Crippen LogP contribution in [-0.4, -0.2) is 33.0 Å². The third-order valence-electron chi connectivity index (χ3n) is 4.37. The first kappa shape index (κ1) is 18.4. The van der Waals surface area contributed by atoms with Crippen LogP contribution in [0.5, 0.6) is 0 Å². The molecular weight excluding hydrogens is 384 g/mol. The highest BCUT2D eigenvalue weighted by Gasteiger charge is 2.26. The fourth-order valence-electron chi connectivity index (χ4n) is 2.96. The molecule has 0 radical (unpaired) electrons. The Kier molecular flexibility index (Phi) is 4.99. The summed E-state index contributed by atoms with van der Waals surface area (Å²) in [6.45, 7) is 3.52. The minimum Gasteiger partial charge on any atom is -0.323 e.